The summed E-state index contributed by atoms with van der Waals surface area (Å²) in [5.74, 6) is 0. The first-order valence-electron chi connectivity index (χ1n) is 3.36. The summed E-state index contributed by atoms with van der Waals surface area (Å²) < 4.78 is 3.69. The number of hydrogen-bond donors (Lipinski definition) is 1. The zero-order valence-corrected chi connectivity index (χ0v) is 7.68. The molecular weight excluding hydrogens is 192 g/mol. The second kappa shape index (κ2) is 3.30. The Kier molecular flexibility index (Phi) is 2.16. The second-order valence-corrected chi connectivity index (χ2v) is 3.84. The normalized spacial score (nSPS) is 13.1. The summed E-state index contributed by atoms with van der Waals surface area (Å²) in [6, 6.07) is 3.79. The van der Waals surface area contributed by atoms with Gasteiger partial charge in [0.1, 0.15) is 11.8 Å². The number of hydrogen-bond acceptors (Lipinski definition) is 5. The second-order valence-electron chi connectivity index (χ2n) is 2.25. The van der Waals surface area contributed by atoms with E-state index in [4.69, 9.17) is 0 Å². The van der Waals surface area contributed by atoms with Gasteiger partial charge in [0.05, 0.1) is 0 Å². The average molecular weight is 198 g/mol. The van der Waals surface area contributed by atoms with E-state index < -0.39 is 6.10 Å². The Morgan fingerprint density at radius 3 is 3.00 bits per heavy atom. The molecule has 0 aliphatic rings. The number of aliphatic hydroxyl groups excluding tert-OH is 1. The Balaban J connectivity index is 2.27. The van der Waals surface area contributed by atoms with E-state index in [-0.39, 0.29) is 0 Å². The van der Waals surface area contributed by atoms with E-state index in [9.17, 15) is 5.11 Å². The van der Waals surface area contributed by atoms with Crippen LogP contribution in [0, 0.1) is 0 Å². The summed E-state index contributed by atoms with van der Waals surface area (Å²) in [7, 11) is 0. The number of nitrogens with zero attached hydrogens (tertiary/aromatic N) is 2. The van der Waals surface area contributed by atoms with Crippen molar-refractivity contribution in [2.45, 2.75) is 6.10 Å². The maximum atomic E-state index is 9.68. The van der Waals surface area contributed by atoms with Gasteiger partial charge in [-0.05, 0) is 23.0 Å². The molecule has 0 saturated carbocycles. The van der Waals surface area contributed by atoms with Gasteiger partial charge in [-0.25, -0.2) is 0 Å². The third-order valence-corrected chi connectivity index (χ3v) is 2.92. The molecule has 0 radical (unpaired) electrons. The van der Waals surface area contributed by atoms with Crippen LogP contribution in [-0.2, 0) is 0 Å². The van der Waals surface area contributed by atoms with Gasteiger partial charge >= 0.3 is 0 Å². The Morgan fingerprint density at radius 1 is 1.50 bits per heavy atom. The fraction of sp³-hybridized carbons (Fsp3) is 0.143. The first kappa shape index (κ1) is 7.85. The molecule has 2 rings (SSSR count). The van der Waals surface area contributed by atoms with Crippen LogP contribution in [0.4, 0.5) is 0 Å². The molecular formula is C7H6N2OS2. The standard InChI is InChI=1S/C7H6N2OS2/c10-7(5-4-12-9-8-5)6-2-1-3-11-6/h1-4,7,10H. The van der Waals surface area contributed by atoms with E-state index in [1.807, 2.05) is 17.5 Å². The molecule has 12 heavy (non-hydrogen) atoms. The summed E-state index contributed by atoms with van der Waals surface area (Å²) in [5, 5.41) is 17.2. The fourth-order valence-corrected chi connectivity index (χ4v) is 2.08. The Hall–Kier alpha value is -0.780. The minimum atomic E-state index is -0.608. The maximum absolute atomic E-state index is 9.68. The van der Waals surface area contributed by atoms with Crippen LogP contribution < -0.4 is 0 Å². The van der Waals surface area contributed by atoms with Gasteiger partial charge in [0, 0.05) is 10.3 Å². The highest BCUT2D eigenvalue weighted by atomic mass is 32.1. The molecule has 3 nitrogen and oxygen atoms in total. The van der Waals surface area contributed by atoms with Crippen LogP contribution in [0.3, 0.4) is 0 Å². The van der Waals surface area contributed by atoms with E-state index in [2.05, 4.69) is 9.59 Å². The van der Waals surface area contributed by atoms with Gasteiger partial charge in [0.25, 0.3) is 0 Å². The predicted molar refractivity (Wildman–Crippen MR) is 48.3 cm³/mol. The predicted octanol–water partition coefficient (Wildman–Crippen LogP) is 1.68. The molecule has 0 fully saturated rings. The summed E-state index contributed by atoms with van der Waals surface area (Å²) in [6.45, 7) is 0. The molecule has 0 bridgehead atoms. The van der Waals surface area contributed by atoms with Crippen LogP contribution in [0.15, 0.2) is 22.9 Å². The third kappa shape index (κ3) is 1.38. The topological polar surface area (TPSA) is 46.0 Å². The third-order valence-electron chi connectivity index (χ3n) is 1.47. The lowest BCUT2D eigenvalue weighted by atomic mass is 10.2. The van der Waals surface area contributed by atoms with Crippen LogP contribution >= 0.6 is 22.9 Å². The van der Waals surface area contributed by atoms with Crippen molar-refractivity contribution in [2.75, 3.05) is 0 Å². The lowest BCUT2D eigenvalue weighted by Crippen LogP contribution is -1.96. The van der Waals surface area contributed by atoms with Crippen molar-refractivity contribution >= 4 is 22.9 Å². The molecule has 0 aromatic carbocycles. The minimum absolute atomic E-state index is 0.608. The minimum Gasteiger partial charge on any atom is -0.381 e. The van der Waals surface area contributed by atoms with E-state index in [1.165, 1.54) is 22.9 Å². The Labute approximate surface area is 77.5 Å². The fourth-order valence-electron chi connectivity index (χ4n) is 0.884. The average Bonchev–Trinajstić information content (AvgIpc) is 2.77. The molecule has 0 saturated heterocycles. The number of aliphatic hydroxyl groups is 1. The Morgan fingerprint density at radius 2 is 2.42 bits per heavy atom. The maximum Gasteiger partial charge on any atom is 0.133 e. The first-order valence-corrected chi connectivity index (χ1v) is 5.08. The molecule has 0 aliphatic heterocycles. The molecule has 0 amide bonds. The molecule has 2 aromatic rings. The molecule has 1 atom stereocenters. The van der Waals surface area contributed by atoms with Crippen molar-refractivity contribution in [3.8, 4) is 0 Å². The molecule has 0 aliphatic carbocycles. The highest BCUT2D eigenvalue weighted by Crippen LogP contribution is 2.24. The summed E-state index contributed by atoms with van der Waals surface area (Å²) in [6.07, 6.45) is -0.608. The number of aromatic nitrogens is 2. The van der Waals surface area contributed by atoms with Crippen molar-refractivity contribution in [3.05, 3.63) is 33.5 Å². The van der Waals surface area contributed by atoms with Crippen molar-refractivity contribution in [3.63, 3.8) is 0 Å². The monoisotopic (exact) mass is 198 g/mol. The van der Waals surface area contributed by atoms with Gasteiger partial charge in [-0.15, -0.1) is 16.4 Å². The molecule has 1 unspecified atom stereocenters. The molecule has 0 spiro atoms. The molecule has 5 heteroatoms. The van der Waals surface area contributed by atoms with Gasteiger partial charge in [-0.3, -0.25) is 0 Å². The van der Waals surface area contributed by atoms with Gasteiger partial charge in [-0.2, -0.15) is 0 Å². The van der Waals surface area contributed by atoms with Gasteiger partial charge < -0.3 is 5.11 Å². The zero-order valence-electron chi connectivity index (χ0n) is 6.04. The van der Waals surface area contributed by atoms with Crippen molar-refractivity contribution < 1.29 is 5.11 Å². The summed E-state index contributed by atoms with van der Waals surface area (Å²) in [5.41, 5.74) is 0.627. The van der Waals surface area contributed by atoms with Crippen LogP contribution in [-0.4, -0.2) is 14.7 Å². The SMILES string of the molecule is OC(c1csnn1)c1cccs1. The van der Waals surface area contributed by atoms with Gasteiger partial charge in [0.15, 0.2) is 0 Å². The molecule has 2 heterocycles. The number of rotatable bonds is 2. The number of thiophene rings is 1. The zero-order chi connectivity index (χ0) is 8.39. The van der Waals surface area contributed by atoms with E-state index >= 15 is 0 Å². The van der Waals surface area contributed by atoms with E-state index in [0.717, 1.165) is 4.88 Å². The van der Waals surface area contributed by atoms with Crippen LogP contribution in [0.2, 0.25) is 0 Å². The summed E-state index contributed by atoms with van der Waals surface area (Å²) in [4.78, 5) is 0.905. The lowest BCUT2D eigenvalue weighted by molar-refractivity contribution is 0.219. The van der Waals surface area contributed by atoms with Gasteiger partial charge in [-0.1, -0.05) is 10.6 Å². The molecule has 2 aromatic heterocycles. The smallest absolute Gasteiger partial charge is 0.133 e. The lowest BCUT2D eigenvalue weighted by Gasteiger charge is -2.01. The molecule has 1 N–H and O–H groups in total. The van der Waals surface area contributed by atoms with Crippen molar-refractivity contribution in [2.24, 2.45) is 0 Å². The van der Waals surface area contributed by atoms with E-state index in [1.54, 1.807) is 5.38 Å². The van der Waals surface area contributed by atoms with E-state index in [0.29, 0.717) is 5.69 Å². The molecule has 62 valence electrons. The highest BCUT2D eigenvalue weighted by molar-refractivity contribution is 7.10. The van der Waals surface area contributed by atoms with Crippen LogP contribution in [0.1, 0.15) is 16.7 Å². The van der Waals surface area contributed by atoms with Crippen LogP contribution in [0.5, 0.6) is 0 Å². The highest BCUT2D eigenvalue weighted by Gasteiger charge is 2.13. The first-order chi connectivity index (χ1) is 5.88. The largest absolute Gasteiger partial charge is 0.381 e. The summed E-state index contributed by atoms with van der Waals surface area (Å²) >= 11 is 2.76. The Bertz CT molecular complexity index is 296. The quantitative estimate of drug-likeness (QED) is 0.798. The van der Waals surface area contributed by atoms with Crippen molar-refractivity contribution in [1.29, 1.82) is 0 Å². The van der Waals surface area contributed by atoms with Crippen molar-refractivity contribution in [1.82, 2.24) is 9.59 Å². The van der Waals surface area contributed by atoms with Gasteiger partial charge in [0.2, 0.25) is 0 Å². The van der Waals surface area contributed by atoms with Crippen LogP contribution in [0.25, 0.3) is 0 Å².